The molecule has 23 heavy (non-hydrogen) atoms. The van der Waals surface area contributed by atoms with Crippen LogP contribution in [0.1, 0.15) is 58.8 Å². The number of rotatable bonds is 9. The van der Waals surface area contributed by atoms with Crippen LogP contribution in [0.4, 0.5) is 0 Å². The first-order chi connectivity index (χ1) is 10.8. The van der Waals surface area contributed by atoms with Gasteiger partial charge in [0.25, 0.3) is 0 Å². The van der Waals surface area contributed by atoms with E-state index in [0.29, 0.717) is 12.3 Å². The molecule has 7 heteroatoms. The Morgan fingerprint density at radius 1 is 1.26 bits per heavy atom. The van der Waals surface area contributed by atoms with Crippen molar-refractivity contribution in [2.75, 3.05) is 6.54 Å². The Kier molecular flexibility index (Phi) is 9.92. The van der Waals surface area contributed by atoms with Crippen LogP contribution in [-0.4, -0.2) is 51.1 Å². The molecular formula is C16H32AsNO4P+. The summed E-state index contributed by atoms with van der Waals surface area (Å²) in [5, 5.41) is 12.9. The molecule has 0 aliphatic heterocycles. The Balaban J connectivity index is 2.41. The fourth-order valence-electron chi connectivity index (χ4n) is 3.31. The molecule has 3 N–H and O–H groups in total. The predicted octanol–water partition coefficient (Wildman–Crippen LogP) is 2.00. The van der Waals surface area contributed by atoms with Gasteiger partial charge in [-0.1, -0.05) is 0 Å². The van der Waals surface area contributed by atoms with Gasteiger partial charge < -0.3 is 0 Å². The van der Waals surface area contributed by atoms with Gasteiger partial charge in [0.15, 0.2) is 0 Å². The van der Waals surface area contributed by atoms with E-state index in [9.17, 15) is 19.4 Å². The second kappa shape index (κ2) is 10.8. The maximum absolute atomic E-state index is 12.0. The first-order valence-corrected chi connectivity index (χ1v) is 11.4. The summed E-state index contributed by atoms with van der Waals surface area (Å²) in [5.41, 5.74) is -0.352. The minimum absolute atomic E-state index is 0.0154. The van der Waals surface area contributed by atoms with Crippen LogP contribution in [-0.2, 0) is 9.36 Å². The van der Waals surface area contributed by atoms with Gasteiger partial charge in [0.2, 0.25) is 0 Å². The van der Waals surface area contributed by atoms with E-state index in [4.69, 9.17) is 0 Å². The van der Waals surface area contributed by atoms with Crippen LogP contribution in [0.25, 0.3) is 0 Å². The molecule has 1 fully saturated rings. The van der Waals surface area contributed by atoms with Crippen molar-refractivity contribution in [3.05, 3.63) is 0 Å². The number of amides is 1. The van der Waals surface area contributed by atoms with Gasteiger partial charge in [0.05, 0.1) is 0 Å². The van der Waals surface area contributed by atoms with E-state index in [-0.39, 0.29) is 28.7 Å². The van der Waals surface area contributed by atoms with Crippen molar-refractivity contribution in [3.8, 4) is 0 Å². The minimum atomic E-state index is -2.29. The van der Waals surface area contributed by atoms with Gasteiger partial charge in [-0.2, -0.15) is 0 Å². The quantitative estimate of drug-likeness (QED) is 0.403. The van der Waals surface area contributed by atoms with Crippen molar-refractivity contribution in [2.24, 2.45) is 11.8 Å². The van der Waals surface area contributed by atoms with Gasteiger partial charge in [0.1, 0.15) is 0 Å². The van der Waals surface area contributed by atoms with Crippen LogP contribution in [0.2, 0.25) is 4.71 Å². The second-order valence-corrected chi connectivity index (χ2v) is 10.1. The first kappa shape index (κ1) is 21.1. The van der Waals surface area contributed by atoms with Crippen LogP contribution in [0.5, 0.6) is 0 Å². The molecule has 134 valence electrons. The standard InChI is InChI=1S/C16H31AsNO4P/c1-11(2)8-14(17)16(20)18-10-13(19)9-15(23(21)22)12-6-4-3-5-7-12/h11-15,19H,3-10,17H2,1-2H3,(H-,18,20,21,22)/p+1/t13-,14+,15?/m1/s1. The zero-order valence-electron chi connectivity index (χ0n) is 14.3. The Morgan fingerprint density at radius 2 is 1.87 bits per heavy atom. The van der Waals surface area contributed by atoms with Gasteiger partial charge >= 0.3 is 149 Å². The molecule has 1 amide bonds. The van der Waals surface area contributed by atoms with E-state index in [1.54, 1.807) is 0 Å². The summed E-state index contributed by atoms with van der Waals surface area (Å²) in [5.74, 6) is 0.669. The SMILES string of the molecule is CC(C)C[C@H]([AsH2])C(=O)NC[C@H](O)CC(C1CCCCC1)[P+](=O)O. The van der Waals surface area contributed by atoms with Gasteiger partial charge in [-0.15, -0.1) is 0 Å². The number of aliphatic hydroxyl groups is 1. The Hall–Kier alpha value is 0.0484. The third-order valence-electron chi connectivity index (χ3n) is 4.57. The van der Waals surface area contributed by atoms with E-state index in [2.05, 4.69) is 19.2 Å². The number of carbonyl (C=O) groups excluding carboxylic acids is 1. The van der Waals surface area contributed by atoms with Crippen molar-refractivity contribution in [1.82, 2.24) is 5.32 Å². The fraction of sp³-hybridized carbons (Fsp3) is 0.938. The molecule has 5 nitrogen and oxygen atoms in total. The Morgan fingerprint density at radius 3 is 2.39 bits per heavy atom. The average molecular weight is 408 g/mol. The van der Waals surface area contributed by atoms with Crippen LogP contribution in [0, 0.1) is 11.8 Å². The van der Waals surface area contributed by atoms with Crippen molar-refractivity contribution in [3.63, 3.8) is 0 Å². The summed E-state index contributed by atoms with van der Waals surface area (Å²) < 4.78 is 11.6. The van der Waals surface area contributed by atoms with Crippen molar-refractivity contribution < 1.29 is 19.4 Å². The number of hydrogen-bond acceptors (Lipinski definition) is 3. The normalized spacial score (nSPS) is 20.9. The molecule has 0 saturated heterocycles. The van der Waals surface area contributed by atoms with E-state index in [1.807, 2.05) is 0 Å². The summed E-state index contributed by atoms with van der Waals surface area (Å²) in [7, 11) is -2.29. The van der Waals surface area contributed by atoms with Gasteiger partial charge in [-0.25, -0.2) is 0 Å². The van der Waals surface area contributed by atoms with Crippen molar-refractivity contribution in [2.45, 2.75) is 75.3 Å². The summed E-state index contributed by atoms with van der Waals surface area (Å²) in [4.78, 5) is 21.6. The molecule has 1 aliphatic carbocycles. The molecule has 1 saturated carbocycles. The summed E-state index contributed by atoms with van der Waals surface area (Å²) in [6.45, 7) is 4.34. The molecule has 5 atom stereocenters. The topological polar surface area (TPSA) is 86.6 Å². The average Bonchev–Trinajstić information content (AvgIpc) is 2.50. The maximum atomic E-state index is 12.0. The molecule has 0 spiro atoms. The second-order valence-electron chi connectivity index (χ2n) is 7.14. The number of nitrogens with one attached hydrogen (secondary N) is 1. The number of hydrogen-bond donors (Lipinski definition) is 3. The third kappa shape index (κ3) is 8.11. The zero-order valence-corrected chi connectivity index (χ0v) is 17.6. The Bertz CT molecular complexity index is 388. The summed E-state index contributed by atoms with van der Waals surface area (Å²) >= 11 is 1.40. The molecule has 0 aromatic heterocycles. The van der Waals surface area contributed by atoms with Crippen molar-refractivity contribution >= 4 is 30.8 Å². The molecule has 0 bridgehead atoms. The number of carbonyl (C=O) groups is 1. The van der Waals surface area contributed by atoms with E-state index < -0.39 is 14.1 Å². The van der Waals surface area contributed by atoms with Crippen LogP contribution in [0.15, 0.2) is 0 Å². The Labute approximate surface area is 149 Å². The molecule has 3 unspecified atom stereocenters. The molecule has 1 rings (SSSR count). The molecule has 0 aromatic rings. The first-order valence-electron chi connectivity index (χ1n) is 8.67. The summed E-state index contributed by atoms with van der Waals surface area (Å²) in [6, 6.07) is 0. The van der Waals surface area contributed by atoms with E-state index >= 15 is 0 Å². The molecule has 0 radical (unpaired) electrons. The van der Waals surface area contributed by atoms with Crippen molar-refractivity contribution in [1.29, 1.82) is 0 Å². The molecular weight excluding hydrogens is 376 g/mol. The van der Waals surface area contributed by atoms with Crippen LogP contribution < -0.4 is 5.32 Å². The zero-order chi connectivity index (χ0) is 17.4. The fourth-order valence-corrected chi connectivity index (χ4v) is 5.78. The molecule has 0 heterocycles. The van der Waals surface area contributed by atoms with Crippen LogP contribution in [0.3, 0.4) is 0 Å². The van der Waals surface area contributed by atoms with E-state index in [1.165, 1.54) is 23.3 Å². The number of aliphatic hydroxyl groups excluding tert-OH is 1. The third-order valence-corrected chi connectivity index (χ3v) is 6.97. The van der Waals surface area contributed by atoms with Gasteiger partial charge in [-0.05, 0) is 0 Å². The van der Waals surface area contributed by atoms with Gasteiger partial charge in [-0.3, -0.25) is 0 Å². The predicted molar refractivity (Wildman–Crippen MR) is 95.6 cm³/mol. The van der Waals surface area contributed by atoms with E-state index in [0.717, 1.165) is 32.1 Å². The monoisotopic (exact) mass is 408 g/mol. The van der Waals surface area contributed by atoms with Crippen LogP contribution >= 0.6 is 8.03 Å². The summed E-state index contributed by atoms with van der Waals surface area (Å²) in [6.07, 6.45) is 5.72. The molecule has 1 aliphatic rings. The molecule has 0 aromatic carbocycles. The van der Waals surface area contributed by atoms with Gasteiger partial charge in [0, 0.05) is 0 Å².